The van der Waals surface area contributed by atoms with Crippen LogP contribution in [0.5, 0.6) is 5.75 Å². The zero-order valence-electron chi connectivity index (χ0n) is 18.7. The zero-order chi connectivity index (χ0) is 23.6. The van der Waals surface area contributed by atoms with Crippen LogP contribution >= 0.6 is 0 Å². The van der Waals surface area contributed by atoms with Gasteiger partial charge in [0.05, 0.1) is 12.3 Å². The van der Waals surface area contributed by atoms with Gasteiger partial charge in [-0.2, -0.15) is 5.10 Å². The predicted octanol–water partition coefficient (Wildman–Crippen LogP) is 2.07. The molecule has 174 valence electrons. The molecular weight excluding hydrogens is 424 g/mol. The van der Waals surface area contributed by atoms with Crippen molar-refractivity contribution in [3.8, 4) is 5.75 Å². The van der Waals surface area contributed by atoms with Crippen molar-refractivity contribution in [2.45, 2.75) is 32.8 Å². The Labute approximate surface area is 192 Å². The number of nitrogens with zero attached hydrogens (tertiary/aromatic N) is 1. The van der Waals surface area contributed by atoms with E-state index in [0.717, 1.165) is 29.7 Å². The van der Waals surface area contributed by atoms with Crippen molar-refractivity contribution in [3.05, 3.63) is 59.2 Å². The topological polar surface area (TPSA) is 118 Å². The quantitative estimate of drug-likeness (QED) is 0.322. The van der Waals surface area contributed by atoms with Gasteiger partial charge in [-0.1, -0.05) is 29.8 Å². The molecule has 0 spiro atoms. The Balaban J connectivity index is 1.48. The second-order valence-corrected chi connectivity index (χ2v) is 7.74. The molecule has 0 aliphatic carbocycles. The van der Waals surface area contributed by atoms with E-state index in [2.05, 4.69) is 21.2 Å². The van der Waals surface area contributed by atoms with Crippen LogP contribution in [0.1, 0.15) is 29.5 Å². The van der Waals surface area contributed by atoms with Crippen LogP contribution in [0.25, 0.3) is 0 Å². The number of rotatable bonds is 8. The van der Waals surface area contributed by atoms with Crippen molar-refractivity contribution < 1.29 is 23.9 Å². The van der Waals surface area contributed by atoms with Crippen molar-refractivity contribution in [3.63, 3.8) is 0 Å². The normalized spacial score (nSPS) is 15.3. The van der Waals surface area contributed by atoms with Crippen LogP contribution in [-0.2, 0) is 19.1 Å². The third-order valence-corrected chi connectivity index (χ3v) is 5.02. The molecule has 0 radical (unpaired) electrons. The minimum Gasteiger partial charge on any atom is -0.483 e. The Morgan fingerprint density at radius 1 is 1.15 bits per heavy atom. The fourth-order valence-electron chi connectivity index (χ4n) is 3.31. The molecule has 1 fully saturated rings. The van der Waals surface area contributed by atoms with Crippen molar-refractivity contribution >= 4 is 29.6 Å². The zero-order valence-corrected chi connectivity index (χ0v) is 18.7. The van der Waals surface area contributed by atoms with Gasteiger partial charge in [-0.15, -0.1) is 0 Å². The molecule has 0 unspecified atom stereocenters. The van der Waals surface area contributed by atoms with Gasteiger partial charge in [0, 0.05) is 24.4 Å². The van der Waals surface area contributed by atoms with E-state index in [-0.39, 0.29) is 25.2 Å². The monoisotopic (exact) mass is 452 g/mol. The fourth-order valence-corrected chi connectivity index (χ4v) is 3.31. The van der Waals surface area contributed by atoms with E-state index >= 15 is 0 Å². The molecule has 1 saturated heterocycles. The summed E-state index contributed by atoms with van der Waals surface area (Å²) in [5.41, 5.74) is 5.53. The maximum absolute atomic E-state index is 12.3. The van der Waals surface area contributed by atoms with Gasteiger partial charge >= 0.3 is 11.8 Å². The SMILES string of the molecule is Cc1ccc(NC(=O)COc2ccccc2/C=N\NC(=O)C(=O)NC[C@@H]2CCCO2)c(C)c1. The Bertz CT molecular complexity index is 1030. The fraction of sp³-hybridized carbons (Fsp3) is 0.333. The third kappa shape index (κ3) is 7.43. The first-order valence-electron chi connectivity index (χ1n) is 10.7. The van der Waals surface area contributed by atoms with E-state index in [0.29, 0.717) is 17.9 Å². The van der Waals surface area contributed by atoms with Crippen molar-refractivity contribution in [2.24, 2.45) is 5.10 Å². The highest BCUT2D eigenvalue weighted by Crippen LogP contribution is 2.18. The molecule has 0 saturated carbocycles. The highest BCUT2D eigenvalue weighted by molar-refractivity contribution is 6.35. The average molecular weight is 453 g/mol. The molecule has 3 amide bonds. The summed E-state index contributed by atoms with van der Waals surface area (Å²) < 4.78 is 11.0. The number of aryl methyl sites for hydroxylation is 2. The standard InChI is InChI=1S/C24H28N4O5/c1-16-9-10-20(17(2)12-16)27-22(29)15-33-21-8-4-3-6-18(21)13-26-28-24(31)23(30)25-14-19-7-5-11-32-19/h3-4,6,8-10,12-13,19H,5,7,11,14-15H2,1-2H3,(H,25,30)(H,27,29)(H,28,31)/b26-13-/t19-/m0/s1. The van der Waals surface area contributed by atoms with Gasteiger partial charge in [0.2, 0.25) is 0 Å². The smallest absolute Gasteiger partial charge is 0.329 e. The lowest BCUT2D eigenvalue weighted by Gasteiger charge is -2.11. The highest BCUT2D eigenvalue weighted by Gasteiger charge is 2.19. The van der Waals surface area contributed by atoms with Crippen LogP contribution in [0, 0.1) is 13.8 Å². The molecule has 9 nitrogen and oxygen atoms in total. The average Bonchev–Trinajstić information content (AvgIpc) is 3.32. The number of nitrogens with one attached hydrogen (secondary N) is 3. The van der Waals surface area contributed by atoms with E-state index in [9.17, 15) is 14.4 Å². The summed E-state index contributed by atoms with van der Waals surface area (Å²) in [5.74, 6) is -1.55. The van der Waals surface area contributed by atoms with E-state index in [1.165, 1.54) is 6.21 Å². The second kappa shape index (κ2) is 11.8. The second-order valence-electron chi connectivity index (χ2n) is 7.74. The first-order chi connectivity index (χ1) is 15.9. The van der Waals surface area contributed by atoms with E-state index in [1.807, 2.05) is 32.0 Å². The lowest BCUT2D eigenvalue weighted by molar-refractivity contribution is -0.139. The first-order valence-corrected chi connectivity index (χ1v) is 10.7. The van der Waals surface area contributed by atoms with Gasteiger partial charge in [0.25, 0.3) is 5.91 Å². The van der Waals surface area contributed by atoms with Crippen molar-refractivity contribution in [1.82, 2.24) is 10.7 Å². The number of hydrazone groups is 1. The summed E-state index contributed by atoms with van der Waals surface area (Å²) in [6.45, 7) is 4.67. The number of anilines is 1. The van der Waals surface area contributed by atoms with Crippen LogP contribution < -0.4 is 20.8 Å². The molecule has 1 atom stereocenters. The lowest BCUT2D eigenvalue weighted by Crippen LogP contribution is -2.41. The summed E-state index contributed by atoms with van der Waals surface area (Å²) >= 11 is 0. The molecule has 1 heterocycles. The molecule has 0 bridgehead atoms. The molecule has 3 N–H and O–H groups in total. The van der Waals surface area contributed by atoms with E-state index in [4.69, 9.17) is 9.47 Å². The van der Waals surface area contributed by atoms with E-state index in [1.54, 1.807) is 24.3 Å². The van der Waals surface area contributed by atoms with Crippen LogP contribution in [-0.4, -0.2) is 49.8 Å². The Hall–Kier alpha value is -3.72. The maximum atomic E-state index is 12.3. The van der Waals surface area contributed by atoms with Crippen molar-refractivity contribution in [2.75, 3.05) is 25.1 Å². The van der Waals surface area contributed by atoms with Crippen LogP contribution in [0.2, 0.25) is 0 Å². The van der Waals surface area contributed by atoms with Gasteiger partial charge in [0.15, 0.2) is 6.61 Å². The molecule has 1 aliphatic rings. The molecule has 3 rings (SSSR count). The van der Waals surface area contributed by atoms with Gasteiger partial charge in [-0.25, -0.2) is 5.43 Å². The largest absolute Gasteiger partial charge is 0.483 e. The Kier molecular flexibility index (Phi) is 8.54. The van der Waals surface area contributed by atoms with E-state index < -0.39 is 11.8 Å². The molecule has 0 aromatic heterocycles. The van der Waals surface area contributed by atoms with Gasteiger partial charge in [-0.05, 0) is 50.5 Å². The minimum absolute atomic E-state index is 0.0543. The molecule has 2 aromatic carbocycles. The summed E-state index contributed by atoms with van der Waals surface area (Å²) in [4.78, 5) is 36.0. The lowest BCUT2D eigenvalue weighted by atomic mass is 10.1. The minimum atomic E-state index is -0.879. The number of hydrogen-bond acceptors (Lipinski definition) is 6. The summed E-state index contributed by atoms with van der Waals surface area (Å²) in [6.07, 6.45) is 3.11. The predicted molar refractivity (Wildman–Crippen MR) is 124 cm³/mol. The number of ether oxygens (including phenoxy) is 2. The number of carbonyl (C=O) groups is 3. The molecular formula is C24H28N4O5. The first kappa shape index (κ1) is 23.9. The number of hydrogen-bond donors (Lipinski definition) is 3. The number of carbonyl (C=O) groups excluding carboxylic acids is 3. The number of para-hydroxylation sites is 1. The van der Waals surface area contributed by atoms with Crippen LogP contribution in [0.4, 0.5) is 5.69 Å². The number of benzene rings is 2. The van der Waals surface area contributed by atoms with Crippen LogP contribution in [0.3, 0.4) is 0 Å². The summed E-state index contributed by atoms with van der Waals surface area (Å²) in [5, 5.41) is 9.17. The van der Waals surface area contributed by atoms with Gasteiger partial charge in [0.1, 0.15) is 5.75 Å². The molecule has 2 aromatic rings. The van der Waals surface area contributed by atoms with Crippen molar-refractivity contribution in [1.29, 1.82) is 0 Å². The molecule has 9 heteroatoms. The van der Waals surface area contributed by atoms with Gasteiger partial charge in [-0.3, -0.25) is 14.4 Å². The van der Waals surface area contributed by atoms with Crippen LogP contribution in [0.15, 0.2) is 47.6 Å². The third-order valence-electron chi connectivity index (χ3n) is 5.02. The molecule has 1 aliphatic heterocycles. The Morgan fingerprint density at radius 3 is 2.73 bits per heavy atom. The van der Waals surface area contributed by atoms with Gasteiger partial charge < -0.3 is 20.1 Å². The highest BCUT2D eigenvalue weighted by atomic mass is 16.5. The maximum Gasteiger partial charge on any atom is 0.329 e. The Morgan fingerprint density at radius 2 is 1.97 bits per heavy atom. The summed E-state index contributed by atoms with van der Waals surface area (Å²) in [7, 11) is 0. The summed E-state index contributed by atoms with van der Waals surface area (Å²) in [6, 6.07) is 12.7. The molecule has 33 heavy (non-hydrogen) atoms. The number of amides is 3.